The minimum absolute atomic E-state index is 0.205. The molecule has 10 nitrogen and oxygen atoms in total. The second-order valence-electron chi connectivity index (χ2n) is 12.0. The van der Waals surface area contributed by atoms with E-state index in [-0.39, 0.29) is 5.56 Å². The zero-order chi connectivity index (χ0) is 35.3. The number of para-hydroxylation sites is 1. The van der Waals surface area contributed by atoms with Crippen molar-refractivity contribution in [3.05, 3.63) is 115 Å². The summed E-state index contributed by atoms with van der Waals surface area (Å²) in [5, 5.41) is 5.69. The highest BCUT2D eigenvalue weighted by Crippen LogP contribution is 2.35. The minimum atomic E-state index is -0.862. The molecule has 0 spiro atoms. The molecular weight excluding hydrogens is 671 g/mol. The van der Waals surface area contributed by atoms with Gasteiger partial charge in [0, 0.05) is 73.8 Å². The first-order valence-corrected chi connectivity index (χ1v) is 17.9. The van der Waals surface area contributed by atoms with E-state index < -0.39 is 23.2 Å². The fourth-order valence-corrected chi connectivity index (χ4v) is 6.59. The van der Waals surface area contributed by atoms with E-state index in [0.29, 0.717) is 40.0 Å². The number of hydrogen-bond acceptors (Lipinski definition) is 9. The number of amides is 1. The predicted molar refractivity (Wildman–Crippen MR) is 199 cm³/mol. The molecular formula is C38H36F2N8O2S. The van der Waals surface area contributed by atoms with Gasteiger partial charge in [0.15, 0.2) is 0 Å². The number of nitrogens with zero attached hydrogens (tertiary/aromatic N) is 6. The van der Waals surface area contributed by atoms with E-state index in [1.807, 2.05) is 58.8 Å². The van der Waals surface area contributed by atoms with Gasteiger partial charge in [0.05, 0.1) is 29.9 Å². The van der Waals surface area contributed by atoms with Crippen LogP contribution in [-0.4, -0.2) is 82.0 Å². The number of fused-ring (bicyclic) bond motifs is 1. The Balaban J connectivity index is 1.16. The van der Waals surface area contributed by atoms with Gasteiger partial charge in [0.25, 0.3) is 5.91 Å². The zero-order valence-corrected chi connectivity index (χ0v) is 29.0. The van der Waals surface area contributed by atoms with Crippen LogP contribution in [0.2, 0.25) is 0 Å². The van der Waals surface area contributed by atoms with Crippen LogP contribution in [0.15, 0.2) is 97.3 Å². The maximum absolute atomic E-state index is 14.3. The average molecular weight is 707 g/mol. The van der Waals surface area contributed by atoms with Gasteiger partial charge in [0.2, 0.25) is 5.95 Å². The summed E-state index contributed by atoms with van der Waals surface area (Å²) in [6, 6.07) is 23.7. The van der Waals surface area contributed by atoms with E-state index in [1.54, 1.807) is 37.6 Å². The molecule has 0 radical (unpaired) electrons. The van der Waals surface area contributed by atoms with Crippen LogP contribution in [0.1, 0.15) is 10.4 Å². The fourth-order valence-electron chi connectivity index (χ4n) is 6.15. The highest BCUT2D eigenvalue weighted by atomic mass is 32.2. The number of piperazine rings is 1. The standard InChI is InChI=1S/C38H36F2N8O2S/c1-50-32-24-27(47-19-17-46(18-20-47)21-22-51-2)12-13-30(32)42-38-41-15-14-31(43-38)36-34(44-33-11-3-4-16-48(33)36)25-7-5-8-26(23-25)37(49)45-35-28(39)9-6-10-29(35)40/h3-16,23-24H,17-22H2,1-2H3,(H,45,49)(H,41,42,43). The van der Waals surface area contributed by atoms with Gasteiger partial charge in [-0.2, -0.15) is 11.8 Å². The lowest BCUT2D eigenvalue weighted by Crippen LogP contribution is -2.47. The predicted octanol–water partition coefficient (Wildman–Crippen LogP) is 7.23. The molecule has 0 aliphatic carbocycles. The molecule has 2 N–H and O–H groups in total. The third kappa shape index (κ3) is 7.35. The maximum Gasteiger partial charge on any atom is 0.255 e. The Morgan fingerprint density at radius 3 is 2.51 bits per heavy atom. The van der Waals surface area contributed by atoms with Crippen molar-refractivity contribution in [2.75, 3.05) is 67.4 Å². The van der Waals surface area contributed by atoms with Crippen molar-refractivity contribution >= 4 is 46.3 Å². The van der Waals surface area contributed by atoms with E-state index in [1.165, 1.54) is 6.07 Å². The number of thioether (sulfide) groups is 1. The number of aromatic nitrogens is 4. The minimum Gasteiger partial charge on any atom is -0.494 e. The molecule has 7 rings (SSSR count). The summed E-state index contributed by atoms with van der Waals surface area (Å²) < 4.78 is 36.3. The Bertz CT molecular complexity index is 2170. The van der Waals surface area contributed by atoms with Crippen molar-refractivity contribution in [1.29, 1.82) is 0 Å². The molecule has 1 fully saturated rings. The second-order valence-corrected chi connectivity index (χ2v) is 13.0. The van der Waals surface area contributed by atoms with Gasteiger partial charge in [-0.05, 0) is 60.9 Å². The lowest BCUT2D eigenvalue weighted by molar-refractivity contribution is 0.102. The largest absolute Gasteiger partial charge is 0.494 e. The number of rotatable bonds is 11. The Morgan fingerprint density at radius 1 is 0.922 bits per heavy atom. The van der Waals surface area contributed by atoms with Crippen LogP contribution >= 0.6 is 11.8 Å². The molecule has 6 aromatic rings. The second kappa shape index (κ2) is 15.2. The van der Waals surface area contributed by atoms with Gasteiger partial charge in [-0.1, -0.05) is 24.3 Å². The number of imidazole rings is 1. The lowest BCUT2D eigenvalue weighted by atomic mass is 10.0. The van der Waals surface area contributed by atoms with Gasteiger partial charge < -0.3 is 20.3 Å². The Morgan fingerprint density at radius 2 is 1.73 bits per heavy atom. The number of ether oxygens (including phenoxy) is 1. The van der Waals surface area contributed by atoms with Crippen molar-refractivity contribution in [3.63, 3.8) is 0 Å². The highest BCUT2D eigenvalue weighted by Gasteiger charge is 2.21. The number of benzene rings is 3. The smallest absolute Gasteiger partial charge is 0.255 e. The SMILES string of the molecule is COc1cc(N2CCN(CCSC)CC2)ccc1Nc1nccc(-c2c(-c3cccc(C(=O)Nc4c(F)cccc4F)c3)nc3ccccn23)n1. The topological polar surface area (TPSA) is 99.9 Å². The monoisotopic (exact) mass is 706 g/mol. The molecule has 0 unspecified atom stereocenters. The van der Waals surface area contributed by atoms with E-state index >= 15 is 0 Å². The van der Waals surface area contributed by atoms with Gasteiger partial charge in [-0.25, -0.2) is 23.7 Å². The molecule has 3 aromatic carbocycles. The van der Waals surface area contributed by atoms with E-state index in [4.69, 9.17) is 14.7 Å². The highest BCUT2D eigenvalue weighted by molar-refractivity contribution is 7.98. The van der Waals surface area contributed by atoms with Gasteiger partial charge in [-0.3, -0.25) is 14.1 Å². The summed E-state index contributed by atoms with van der Waals surface area (Å²) in [6.45, 7) is 5.07. The van der Waals surface area contributed by atoms with Crippen LogP contribution in [0.3, 0.4) is 0 Å². The number of carbonyl (C=O) groups excluding carboxylic acids is 1. The molecule has 0 atom stereocenters. The first kappa shape index (κ1) is 33.9. The molecule has 1 aliphatic heterocycles. The molecule has 4 heterocycles. The van der Waals surface area contributed by atoms with Crippen LogP contribution in [0.5, 0.6) is 5.75 Å². The fraction of sp³-hybridized carbons (Fsp3) is 0.211. The van der Waals surface area contributed by atoms with Crippen LogP contribution in [0, 0.1) is 11.6 Å². The van der Waals surface area contributed by atoms with Crippen LogP contribution in [0.25, 0.3) is 28.3 Å². The number of anilines is 4. The first-order valence-electron chi connectivity index (χ1n) is 16.5. The summed E-state index contributed by atoms with van der Waals surface area (Å²) >= 11 is 1.88. The number of hydrogen-bond donors (Lipinski definition) is 2. The summed E-state index contributed by atoms with van der Waals surface area (Å²) in [5.74, 6) is -0.207. The maximum atomic E-state index is 14.3. The number of pyridine rings is 1. The van der Waals surface area contributed by atoms with E-state index in [9.17, 15) is 13.6 Å². The number of nitrogens with one attached hydrogen (secondary N) is 2. The molecule has 1 saturated heterocycles. The lowest BCUT2D eigenvalue weighted by Gasteiger charge is -2.36. The van der Waals surface area contributed by atoms with Crippen molar-refractivity contribution in [1.82, 2.24) is 24.3 Å². The van der Waals surface area contributed by atoms with Crippen molar-refractivity contribution in [3.8, 4) is 28.4 Å². The molecule has 51 heavy (non-hydrogen) atoms. The van der Waals surface area contributed by atoms with E-state index in [2.05, 4.69) is 37.7 Å². The molecule has 0 saturated carbocycles. The van der Waals surface area contributed by atoms with Gasteiger partial charge >= 0.3 is 0 Å². The molecule has 260 valence electrons. The summed E-state index contributed by atoms with van der Waals surface area (Å²) in [4.78, 5) is 32.3. The quantitative estimate of drug-likeness (QED) is 0.145. The molecule has 1 amide bonds. The summed E-state index contributed by atoms with van der Waals surface area (Å²) in [5.41, 5.74) is 4.62. The summed E-state index contributed by atoms with van der Waals surface area (Å²) in [6.07, 6.45) is 5.70. The Kier molecular flexibility index (Phi) is 10.1. The van der Waals surface area contributed by atoms with Crippen LogP contribution in [0.4, 0.5) is 31.8 Å². The summed E-state index contributed by atoms with van der Waals surface area (Å²) in [7, 11) is 1.65. The average Bonchev–Trinajstić information content (AvgIpc) is 3.56. The Hall–Kier alpha value is -5.53. The van der Waals surface area contributed by atoms with Crippen molar-refractivity contribution < 1.29 is 18.3 Å². The Labute approximate surface area is 298 Å². The number of methoxy groups -OCH3 is 1. The van der Waals surface area contributed by atoms with Crippen LogP contribution < -0.4 is 20.3 Å². The van der Waals surface area contributed by atoms with Crippen molar-refractivity contribution in [2.24, 2.45) is 0 Å². The first-order chi connectivity index (χ1) is 24.9. The van der Waals surface area contributed by atoms with Crippen LogP contribution in [-0.2, 0) is 0 Å². The third-order valence-electron chi connectivity index (χ3n) is 8.81. The molecule has 13 heteroatoms. The number of halogens is 2. The van der Waals surface area contributed by atoms with Gasteiger partial charge in [-0.15, -0.1) is 0 Å². The normalized spacial score (nSPS) is 13.4. The van der Waals surface area contributed by atoms with E-state index in [0.717, 1.165) is 62.0 Å². The molecule has 1 aliphatic rings. The van der Waals surface area contributed by atoms with Gasteiger partial charge in [0.1, 0.15) is 28.7 Å². The zero-order valence-electron chi connectivity index (χ0n) is 28.1. The third-order valence-corrected chi connectivity index (χ3v) is 9.40. The van der Waals surface area contributed by atoms with Crippen molar-refractivity contribution in [2.45, 2.75) is 0 Å². The number of carbonyl (C=O) groups is 1. The molecule has 3 aromatic heterocycles. The molecule has 0 bridgehead atoms.